The summed E-state index contributed by atoms with van der Waals surface area (Å²) in [5.41, 5.74) is 3.77. The molecule has 0 radical (unpaired) electrons. The second-order valence-electron chi connectivity index (χ2n) is 4.68. The third kappa shape index (κ3) is 3.98. The highest BCUT2D eigenvalue weighted by Gasteiger charge is 2.19. The number of aliphatic imine (C=N–C) groups is 1. The molecule has 1 aliphatic heterocycles. The molecule has 1 heterocycles. The number of unbranched alkanes of at least 4 members (excludes halogenated alkanes) is 1. The van der Waals surface area contributed by atoms with Gasteiger partial charge in [-0.1, -0.05) is 43.7 Å². The van der Waals surface area contributed by atoms with Gasteiger partial charge in [0.25, 0.3) is 0 Å². The largest absolute Gasteiger partial charge is 0.448 e. The van der Waals surface area contributed by atoms with Crippen LogP contribution in [0.4, 0.5) is 4.79 Å². The lowest BCUT2D eigenvalue weighted by atomic mass is 10.2. The third-order valence-electron chi connectivity index (χ3n) is 3.05. The molecule has 0 fully saturated rings. The molecule has 1 aromatic carbocycles. The van der Waals surface area contributed by atoms with E-state index < -0.39 is 6.09 Å². The van der Waals surface area contributed by atoms with Gasteiger partial charge in [-0.15, -0.1) is 0 Å². The molecule has 0 atom stereocenters. The first-order valence-electron chi connectivity index (χ1n) is 7.12. The van der Waals surface area contributed by atoms with Gasteiger partial charge in [0.05, 0.1) is 6.61 Å². The van der Waals surface area contributed by atoms with Crippen molar-refractivity contribution in [3.05, 3.63) is 35.9 Å². The maximum Gasteiger partial charge on any atom is 0.426 e. The van der Waals surface area contributed by atoms with Gasteiger partial charge in [0.15, 0.2) is 0 Å². The van der Waals surface area contributed by atoms with Crippen LogP contribution in [0.25, 0.3) is 0 Å². The van der Waals surface area contributed by atoms with E-state index >= 15 is 0 Å². The van der Waals surface area contributed by atoms with E-state index in [-0.39, 0.29) is 0 Å². The molecule has 0 aliphatic carbocycles. The summed E-state index contributed by atoms with van der Waals surface area (Å²) in [5.74, 6) is 0.796. The number of hydrogen-bond acceptors (Lipinski definition) is 4. The van der Waals surface area contributed by atoms with E-state index in [4.69, 9.17) is 4.74 Å². The number of carbonyl (C=O) groups is 1. The fraction of sp³-hybridized carbons (Fsp3) is 0.467. The van der Waals surface area contributed by atoms with Crippen molar-refractivity contribution in [2.75, 3.05) is 19.7 Å². The van der Waals surface area contributed by atoms with E-state index in [0.29, 0.717) is 6.61 Å². The van der Waals surface area contributed by atoms with Gasteiger partial charge in [0.2, 0.25) is 0 Å². The minimum atomic E-state index is -0.413. The Morgan fingerprint density at radius 3 is 2.95 bits per heavy atom. The molecule has 0 aromatic heterocycles. The zero-order valence-electron chi connectivity index (χ0n) is 11.8. The van der Waals surface area contributed by atoms with Crippen LogP contribution in [-0.2, 0) is 4.74 Å². The topological polar surface area (TPSA) is 53.9 Å². The third-order valence-corrected chi connectivity index (χ3v) is 3.05. The minimum absolute atomic E-state index is 0.413. The molecule has 0 unspecified atom stereocenters. The number of amides is 1. The molecule has 20 heavy (non-hydrogen) atoms. The molecular formula is C15H21N3O2. The molecular weight excluding hydrogens is 254 g/mol. The van der Waals surface area contributed by atoms with E-state index in [1.165, 1.54) is 0 Å². The molecule has 5 nitrogen and oxygen atoms in total. The Balaban J connectivity index is 1.97. The van der Waals surface area contributed by atoms with Crippen molar-refractivity contribution in [2.24, 2.45) is 4.99 Å². The summed E-state index contributed by atoms with van der Waals surface area (Å²) in [6, 6.07) is 9.86. The van der Waals surface area contributed by atoms with E-state index in [2.05, 4.69) is 17.3 Å². The number of nitrogens with zero attached hydrogens (tertiary/aromatic N) is 2. The highest BCUT2D eigenvalue weighted by molar-refractivity contribution is 5.99. The van der Waals surface area contributed by atoms with Crippen molar-refractivity contribution in [1.82, 2.24) is 10.4 Å². The molecule has 0 bridgehead atoms. The lowest BCUT2D eigenvalue weighted by Crippen LogP contribution is -2.49. The Hall–Kier alpha value is -2.04. The van der Waals surface area contributed by atoms with Gasteiger partial charge in [0, 0.05) is 18.7 Å². The molecule has 0 saturated heterocycles. The van der Waals surface area contributed by atoms with Crippen LogP contribution >= 0.6 is 0 Å². The summed E-state index contributed by atoms with van der Waals surface area (Å²) >= 11 is 0. The highest BCUT2D eigenvalue weighted by Crippen LogP contribution is 2.09. The zero-order valence-corrected chi connectivity index (χ0v) is 11.8. The predicted molar refractivity (Wildman–Crippen MR) is 78.6 cm³/mol. The van der Waals surface area contributed by atoms with Crippen molar-refractivity contribution < 1.29 is 9.53 Å². The number of amidine groups is 1. The lowest BCUT2D eigenvalue weighted by Gasteiger charge is -2.29. The second-order valence-corrected chi connectivity index (χ2v) is 4.68. The van der Waals surface area contributed by atoms with Crippen LogP contribution in [-0.4, -0.2) is 36.6 Å². The van der Waals surface area contributed by atoms with Crippen molar-refractivity contribution in [3.63, 3.8) is 0 Å². The number of ether oxygens (including phenoxy) is 1. The van der Waals surface area contributed by atoms with Gasteiger partial charge >= 0.3 is 6.09 Å². The van der Waals surface area contributed by atoms with Crippen LogP contribution in [0.3, 0.4) is 0 Å². The maximum atomic E-state index is 11.7. The smallest absolute Gasteiger partial charge is 0.426 e. The Bertz CT molecular complexity index is 459. The maximum absolute atomic E-state index is 11.7. The van der Waals surface area contributed by atoms with Crippen molar-refractivity contribution in [2.45, 2.75) is 26.2 Å². The number of nitrogens with one attached hydrogen (secondary N) is 1. The van der Waals surface area contributed by atoms with Crippen molar-refractivity contribution >= 4 is 11.9 Å². The van der Waals surface area contributed by atoms with E-state index in [9.17, 15) is 4.79 Å². The van der Waals surface area contributed by atoms with Crippen LogP contribution in [0.2, 0.25) is 0 Å². The van der Waals surface area contributed by atoms with E-state index in [0.717, 1.165) is 43.8 Å². The Labute approximate surface area is 119 Å². The average molecular weight is 275 g/mol. The van der Waals surface area contributed by atoms with Gasteiger partial charge < -0.3 is 4.74 Å². The number of hydrogen-bond donors (Lipinski definition) is 1. The predicted octanol–water partition coefficient (Wildman–Crippen LogP) is 2.58. The monoisotopic (exact) mass is 275 g/mol. The van der Waals surface area contributed by atoms with Crippen molar-refractivity contribution in [3.8, 4) is 0 Å². The standard InChI is InChI=1S/C15H21N3O2/c1-2-3-12-20-15(19)17-18-11-7-10-16-14(18)13-8-5-4-6-9-13/h4-6,8-9H,2-3,7,10-12H2,1H3,(H,17,19). The molecule has 1 N–H and O–H groups in total. The zero-order chi connectivity index (χ0) is 14.2. The Kier molecular flexibility index (Phi) is 5.41. The van der Waals surface area contributed by atoms with E-state index in [1.807, 2.05) is 30.3 Å². The van der Waals surface area contributed by atoms with Gasteiger partial charge in [-0.05, 0) is 12.8 Å². The first-order chi connectivity index (χ1) is 9.81. The van der Waals surface area contributed by atoms with Crippen LogP contribution < -0.4 is 5.43 Å². The van der Waals surface area contributed by atoms with Crippen LogP contribution in [0.1, 0.15) is 31.7 Å². The molecule has 108 valence electrons. The molecule has 1 aromatic rings. The SMILES string of the molecule is CCCCOC(=O)NN1CCCN=C1c1ccccc1. The van der Waals surface area contributed by atoms with Gasteiger partial charge in [0.1, 0.15) is 5.84 Å². The first-order valence-corrected chi connectivity index (χ1v) is 7.12. The van der Waals surface area contributed by atoms with Crippen LogP contribution in [0.5, 0.6) is 0 Å². The van der Waals surface area contributed by atoms with Gasteiger partial charge in [-0.25, -0.2) is 10.2 Å². The van der Waals surface area contributed by atoms with Gasteiger partial charge in [-0.3, -0.25) is 10.0 Å². The normalized spacial score (nSPS) is 14.7. The Morgan fingerprint density at radius 1 is 1.40 bits per heavy atom. The summed E-state index contributed by atoms with van der Waals surface area (Å²) in [5, 5.41) is 1.77. The summed E-state index contributed by atoms with van der Waals surface area (Å²) in [6.07, 6.45) is 2.40. The molecule has 1 aliphatic rings. The summed E-state index contributed by atoms with van der Waals surface area (Å²) in [6.45, 7) is 4.05. The summed E-state index contributed by atoms with van der Waals surface area (Å²) in [4.78, 5) is 16.2. The Morgan fingerprint density at radius 2 is 2.20 bits per heavy atom. The number of carbonyl (C=O) groups excluding carboxylic acids is 1. The molecule has 2 rings (SSSR count). The highest BCUT2D eigenvalue weighted by atomic mass is 16.6. The minimum Gasteiger partial charge on any atom is -0.448 e. The fourth-order valence-corrected chi connectivity index (χ4v) is 2.00. The van der Waals surface area contributed by atoms with E-state index in [1.54, 1.807) is 5.01 Å². The second kappa shape index (κ2) is 7.53. The number of rotatable bonds is 5. The lowest BCUT2D eigenvalue weighted by molar-refractivity contribution is 0.123. The number of benzene rings is 1. The van der Waals surface area contributed by atoms with Crippen molar-refractivity contribution in [1.29, 1.82) is 0 Å². The molecule has 0 spiro atoms. The van der Waals surface area contributed by atoms with Crippen LogP contribution in [0, 0.1) is 0 Å². The van der Waals surface area contributed by atoms with Crippen LogP contribution in [0.15, 0.2) is 35.3 Å². The van der Waals surface area contributed by atoms with Gasteiger partial charge in [-0.2, -0.15) is 0 Å². The average Bonchev–Trinajstić information content (AvgIpc) is 2.49. The summed E-state index contributed by atoms with van der Waals surface area (Å²) < 4.78 is 5.12. The molecule has 0 saturated carbocycles. The fourth-order valence-electron chi connectivity index (χ4n) is 2.00. The number of hydrazine groups is 1. The molecule has 5 heteroatoms. The molecule has 1 amide bonds. The summed E-state index contributed by atoms with van der Waals surface area (Å²) in [7, 11) is 0. The quantitative estimate of drug-likeness (QED) is 0.840. The first kappa shape index (κ1) is 14.4.